The van der Waals surface area contributed by atoms with E-state index in [1.165, 1.54) is 6.92 Å². The molecule has 2 aliphatic rings. The van der Waals surface area contributed by atoms with Crippen LogP contribution in [0.2, 0.25) is 0 Å². The zero-order chi connectivity index (χ0) is 26.3. The molecule has 194 valence electrons. The van der Waals surface area contributed by atoms with Gasteiger partial charge in [-0.3, -0.25) is 19.1 Å². The first-order chi connectivity index (χ1) is 17.7. The summed E-state index contributed by atoms with van der Waals surface area (Å²) >= 11 is 0. The highest BCUT2D eigenvalue weighted by Gasteiger charge is 2.64. The molecular formula is C28H34N6O3. The first-order valence-electron chi connectivity index (χ1n) is 13.1. The minimum absolute atomic E-state index is 0.00280. The fourth-order valence-electron chi connectivity index (χ4n) is 5.56. The maximum absolute atomic E-state index is 13.6. The van der Waals surface area contributed by atoms with Gasteiger partial charge in [-0.2, -0.15) is 5.10 Å². The molecule has 9 nitrogen and oxygen atoms in total. The molecule has 1 N–H and O–H groups in total. The van der Waals surface area contributed by atoms with Gasteiger partial charge in [-0.05, 0) is 49.3 Å². The van der Waals surface area contributed by atoms with Gasteiger partial charge in [0, 0.05) is 42.9 Å². The summed E-state index contributed by atoms with van der Waals surface area (Å²) in [7, 11) is 0. The molecule has 1 aliphatic heterocycles. The third-order valence-electron chi connectivity index (χ3n) is 7.79. The topological polar surface area (TPSA) is 110 Å². The van der Waals surface area contributed by atoms with Gasteiger partial charge in [-0.15, -0.1) is 0 Å². The minimum atomic E-state index is -0.458. The van der Waals surface area contributed by atoms with Crippen LogP contribution in [0.1, 0.15) is 69.2 Å². The van der Waals surface area contributed by atoms with Gasteiger partial charge < -0.3 is 10.2 Å². The molecule has 5 rings (SSSR count). The van der Waals surface area contributed by atoms with Crippen LogP contribution in [0.25, 0.3) is 22.0 Å². The second kappa shape index (κ2) is 9.68. The highest BCUT2D eigenvalue weighted by Crippen LogP contribution is 2.59. The number of rotatable bonds is 9. The predicted molar refractivity (Wildman–Crippen MR) is 140 cm³/mol. The first-order valence-corrected chi connectivity index (χ1v) is 13.1. The molecule has 2 aromatic heterocycles. The molecule has 0 unspecified atom stereocenters. The first kappa shape index (κ1) is 25.0. The number of fused-ring (bicyclic) bond motifs is 2. The Balaban J connectivity index is 1.40. The fraction of sp³-hybridized carbons (Fsp3) is 0.500. The van der Waals surface area contributed by atoms with Crippen molar-refractivity contribution in [2.45, 2.75) is 78.4 Å². The number of unbranched alkanes of at least 4 members (excludes halogenated alkanes) is 2. The van der Waals surface area contributed by atoms with Crippen molar-refractivity contribution in [1.29, 1.82) is 0 Å². The molecule has 2 amide bonds. The number of aromatic nitrogens is 4. The monoisotopic (exact) mass is 502 g/mol. The summed E-state index contributed by atoms with van der Waals surface area (Å²) in [6.45, 7) is 8.19. The Hall–Kier alpha value is -3.62. The zero-order valence-electron chi connectivity index (χ0n) is 22.0. The van der Waals surface area contributed by atoms with E-state index in [0.29, 0.717) is 35.4 Å². The Morgan fingerprint density at radius 1 is 1.11 bits per heavy atom. The fourth-order valence-corrected chi connectivity index (χ4v) is 5.56. The quantitative estimate of drug-likeness (QED) is 0.353. The Morgan fingerprint density at radius 3 is 2.57 bits per heavy atom. The van der Waals surface area contributed by atoms with E-state index in [1.807, 2.05) is 25.1 Å². The molecule has 1 saturated carbocycles. The van der Waals surface area contributed by atoms with Gasteiger partial charge in [0.25, 0.3) is 0 Å². The van der Waals surface area contributed by atoms with Gasteiger partial charge in [0.05, 0.1) is 5.52 Å². The molecule has 3 heterocycles. The van der Waals surface area contributed by atoms with Crippen molar-refractivity contribution in [1.82, 2.24) is 30.0 Å². The molecule has 1 aliphatic carbocycles. The number of hydrogen-bond acceptors (Lipinski definition) is 6. The van der Waals surface area contributed by atoms with E-state index in [2.05, 4.69) is 34.2 Å². The van der Waals surface area contributed by atoms with Crippen LogP contribution in [0, 0.1) is 12.3 Å². The SMILES string of the molecule is CCCCCNC(=O)[C@@H]1C[C@@]2(C)C[C@H]2N1C(=O)Cn1nc(C(C)=O)c2cc(-c3cnc(C)nc3)ccc21. The van der Waals surface area contributed by atoms with E-state index in [4.69, 9.17) is 0 Å². The lowest BCUT2D eigenvalue weighted by atomic mass is 10.0. The third-order valence-corrected chi connectivity index (χ3v) is 7.79. The summed E-state index contributed by atoms with van der Waals surface area (Å²) in [5.74, 6) is 0.295. The number of aryl methyl sites for hydroxylation is 1. The number of carbonyl (C=O) groups is 3. The lowest BCUT2D eigenvalue weighted by Gasteiger charge is -2.27. The Morgan fingerprint density at radius 2 is 1.86 bits per heavy atom. The Bertz CT molecular complexity index is 1360. The summed E-state index contributed by atoms with van der Waals surface area (Å²) in [5.41, 5.74) is 2.73. The number of nitrogens with zero attached hydrogens (tertiary/aromatic N) is 5. The zero-order valence-corrected chi connectivity index (χ0v) is 22.0. The second-order valence-electron chi connectivity index (χ2n) is 10.7. The van der Waals surface area contributed by atoms with Crippen LogP contribution in [-0.2, 0) is 16.1 Å². The number of piperidine rings is 1. The molecule has 0 spiro atoms. The van der Waals surface area contributed by atoms with Crippen LogP contribution in [-0.4, -0.2) is 60.9 Å². The van der Waals surface area contributed by atoms with Crippen molar-refractivity contribution < 1.29 is 14.4 Å². The highest BCUT2D eigenvalue weighted by molar-refractivity contribution is 6.06. The normalized spacial score (nSPS) is 22.2. The van der Waals surface area contributed by atoms with Crippen LogP contribution in [0.3, 0.4) is 0 Å². The van der Waals surface area contributed by atoms with Crippen LogP contribution in [0.5, 0.6) is 0 Å². The molecule has 1 aromatic carbocycles. The number of benzene rings is 1. The van der Waals surface area contributed by atoms with Gasteiger partial charge in [-0.25, -0.2) is 9.97 Å². The smallest absolute Gasteiger partial charge is 0.245 e. The maximum Gasteiger partial charge on any atom is 0.245 e. The predicted octanol–water partition coefficient (Wildman–Crippen LogP) is 3.69. The molecule has 0 bridgehead atoms. The van der Waals surface area contributed by atoms with Crippen molar-refractivity contribution in [3.8, 4) is 11.1 Å². The van der Waals surface area contributed by atoms with Crippen molar-refractivity contribution in [3.63, 3.8) is 0 Å². The lowest BCUT2D eigenvalue weighted by molar-refractivity contribution is -0.140. The summed E-state index contributed by atoms with van der Waals surface area (Å²) in [6.07, 6.45) is 8.19. The van der Waals surface area contributed by atoms with Crippen LogP contribution < -0.4 is 5.32 Å². The molecule has 0 radical (unpaired) electrons. The maximum atomic E-state index is 13.6. The van der Waals surface area contributed by atoms with Crippen LogP contribution >= 0.6 is 0 Å². The molecule has 37 heavy (non-hydrogen) atoms. The van der Waals surface area contributed by atoms with Crippen LogP contribution in [0.15, 0.2) is 30.6 Å². The van der Waals surface area contributed by atoms with Crippen molar-refractivity contribution in [3.05, 3.63) is 42.1 Å². The largest absolute Gasteiger partial charge is 0.354 e. The average molecular weight is 503 g/mol. The number of nitrogens with one attached hydrogen (secondary N) is 1. The number of ketones is 1. The summed E-state index contributed by atoms with van der Waals surface area (Å²) in [4.78, 5) is 49.4. The third kappa shape index (κ3) is 4.74. The van der Waals surface area contributed by atoms with Crippen molar-refractivity contribution in [2.24, 2.45) is 5.41 Å². The number of Topliss-reactive ketones (excluding diaryl/α,β-unsaturated/α-hetero) is 1. The standard InChI is InChI=1S/C28H34N6O3/c1-5-6-7-10-29-27(37)23-12-28(4)13-24(28)34(23)25(36)16-33-22-9-8-19(20-14-30-18(3)31-15-20)11-21(22)26(32-33)17(2)35/h8-9,11,14-15,23-24H,5-7,10,12-13,16H2,1-4H3,(H,29,37)/t23-,24+,28-/m0/s1. The van der Waals surface area contributed by atoms with Gasteiger partial charge in [0.2, 0.25) is 11.8 Å². The number of likely N-dealkylation sites (tertiary alicyclic amines) is 1. The lowest BCUT2D eigenvalue weighted by Crippen LogP contribution is -2.49. The van der Waals surface area contributed by atoms with E-state index < -0.39 is 6.04 Å². The minimum Gasteiger partial charge on any atom is -0.354 e. The molecule has 3 atom stereocenters. The van der Waals surface area contributed by atoms with E-state index in [9.17, 15) is 14.4 Å². The van der Waals surface area contributed by atoms with E-state index in [1.54, 1.807) is 22.0 Å². The molecule has 1 saturated heterocycles. The average Bonchev–Trinajstić information content (AvgIpc) is 3.24. The summed E-state index contributed by atoms with van der Waals surface area (Å²) in [5, 5.41) is 8.24. The van der Waals surface area contributed by atoms with Gasteiger partial charge in [-0.1, -0.05) is 32.8 Å². The molecule has 3 aromatic rings. The molecule has 2 fully saturated rings. The summed E-state index contributed by atoms with van der Waals surface area (Å²) in [6, 6.07) is 5.31. The van der Waals surface area contributed by atoms with Crippen molar-refractivity contribution in [2.75, 3.05) is 6.54 Å². The van der Waals surface area contributed by atoms with E-state index in [0.717, 1.165) is 36.8 Å². The second-order valence-corrected chi connectivity index (χ2v) is 10.7. The number of hydrogen-bond donors (Lipinski definition) is 1. The van der Waals surface area contributed by atoms with Gasteiger partial charge >= 0.3 is 0 Å². The molecular weight excluding hydrogens is 468 g/mol. The van der Waals surface area contributed by atoms with Gasteiger partial charge in [0.1, 0.15) is 24.1 Å². The Labute approximate surface area is 216 Å². The molecule has 9 heteroatoms. The van der Waals surface area contributed by atoms with E-state index >= 15 is 0 Å². The highest BCUT2D eigenvalue weighted by atomic mass is 16.2. The number of carbonyl (C=O) groups excluding carboxylic acids is 3. The number of amides is 2. The Kier molecular flexibility index (Phi) is 6.56. The van der Waals surface area contributed by atoms with Gasteiger partial charge in [0.15, 0.2) is 5.78 Å². The van der Waals surface area contributed by atoms with Crippen LogP contribution in [0.4, 0.5) is 0 Å². The van der Waals surface area contributed by atoms with Crippen molar-refractivity contribution >= 4 is 28.5 Å². The summed E-state index contributed by atoms with van der Waals surface area (Å²) < 4.78 is 1.60. The van der Waals surface area contributed by atoms with E-state index in [-0.39, 0.29) is 35.6 Å².